The minimum atomic E-state index is -0.228. The van der Waals surface area contributed by atoms with Gasteiger partial charge < -0.3 is 5.32 Å². The van der Waals surface area contributed by atoms with Crippen LogP contribution in [-0.2, 0) is 17.8 Å². The minimum Gasteiger partial charge on any atom is -0.347 e. The van der Waals surface area contributed by atoms with Crippen molar-refractivity contribution in [2.75, 3.05) is 0 Å². The molecule has 4 rings (SSSR count). The topological polar surface area (TPSA) is 64.0 Å². The van der Waals surface area contributed by atoms with E-state index in [1.165, 1.54) is 10.9 Å². The van der Waals surface area contributed by atoms with Crippen LogP contribution in [0.15, 0.2) is 96.1 Å². The number of nitrogens with one attached hydrogen (secondary N) is 1. The van der Waals surface area contributed by atoms with Crippen molar-refractivity contribution in [3.05, 3.63) is 113 Å². The quantitative estimate of drug-likeness (QED) is 0.554. The standard InChI is InChI=1S/C24H21N3O2/c28-23(16-27-17-25-21-14-8-7-13-20(21)24(27)29)26-22(19-11-5-2-6-12-19)15-18-9-3-1-4-10-18/h1-14,17,22H,15-16H2,(H,26,28). The molecule has 5 nitrogen and oxygen atoms in total. The van der Waals surface area contributed by atoms with Gasteiger partial charge in [-0.05, 0) is 29.7 Å². The lowest BCUT2D eigenvalue weighted by atomic mass is 9.99. The lowest BCUT2D eigenvalue weighted by molar-refractivity contribution is -0.122. The molecule has 1 atom stereocenters. The molecule has 0 aliphatic rings. The molecule has 0 spiro atoms. The summed E-state index contributed by atoms with van der Waals surface area (Å²) in [5.41, 5.74) is 2.56. The molecule has 5 heteroatoms. The van der Waals surface area contributed by atoms with E-state index in [1.807, 2.05) is 66.7 Å². The summed E-state index contributed by atoms with van der Waals surface area (Å²) < 4.78 is 1.35. The Morgan fingerprint density at radius 3 is 2.31 bits per heavy atom. The van der Waals surface area contributed by atoms with Crippen LogP contribution in [0, 0.1) is 0 Å². The summed E-state index contributed by atoms with van der Waals surface area (Å²) in [6.07, 6.45) is 2.10. The number of fused-ring (bicyclic) bond motifs is 1. The molecule has 144 valence electrons. The molecule has 0 radical (unpaired) electrons. The number of hydrogen-bond acceptors (Lipinski definition) is 3. The van der Waals surface area contributed by atoms with Gasteiger partial charge in [0, 0.05) is 0 Å². The maximum atomic E-state index is 12.8. The molecular formula is C24H21N3O2. The van der Waals surface area contributed by atoms with Crippen molar-refractivity contribution < 1.29 is 4.79 Å². The van der Waals surface area contributed by atoms with Crippen molar-refractivity contribution in [2.24, 2.45) is 0 Å². The van der Waals surface area contributed by atoms with Gasteiger partial charge in [-0.15, -0.1) is 0 Å². The molecule has 0 bridgehead atoms. The van der Waals surface area contributed by atoms with E-state index in [1.54, 1.807) is 18.2 Å². The molecule has 1 heterocycles. The fourth-order valence-electron chi connectivity index (χ4n) is 3.40. The van der Waals surface area contributed by atoms with Crippen molar-refractivity contribution in [3.63, 3.8) is 0 Å². The predicted molar refractivity (Wildman–Crippen MR) is 113 cm³/mol. The van der Waals surface area contributed by atoms with Gasteiger partial charge in [0.2, 0.25) is 5.91 Å². The van der Waals surface area contributed by atoms with Gasteiger partial charge in [0.05, 0.1) is 23.3 Å². The van der Waals surface area contributed by atoms with Gasteiger partial charge in [-0.2, -0.15) is 0 Å². The zero-order valence-corrected chi connectivity index (χ0v) is 15.9. The summed E-state index contributed by atoms with van der Waals surface area (Å²) >= 11 is 0. The second-order valence-corrected chi connectivity index (χ2v) is 6.92. The number of aromatic nitrogens is 2. The van der Waals surface area contributed by atoms with Gasteiger partial charge in [0.15, 0.2) is 0 Å². The monoisotopic (exact) mass is 383 g/mol. The van der Waals surface area contributed by atoms with E-state index in [9.17, 15) is 9.59 Å². The fourth-order valence-corrected chi connectivity index (χ4v) is 3.40. The van der Waals surface area contributed by atoms with Crippen LogP contribution in [0.3, 0.4) is 0 Å². The van der Waals surface area contributed by atoms with Gasteiger partial charge >= 0.3 is 0 Å². The van der Waals surface area contributed by atoms with E-state index < -0.39 is 0 Å². The third-order valence-electron chi connectivity index (χ3n) is 4.87. The molecule has 3 aromatic carbocycles. The summed E-state index contributed by atoms with van der Waals surface area (Å²) in [4.78, 5) is 29.7. The Kier molecular flexibility index (Phi) is 5.47. The molecule has 0 aliphatic heterocycles. The van der Waals surface area contributed by atoms with Crippen LogP contribution in [-0.4, -0.2) is 15.5 Å². The van der Waals surface area contributed by atoms with Crippen LogP contribution in [0.2, 0.25) is 0 Å². The highest BCUT2D eigenvalue weighted by Gasteiger charge is 2.16. The van der Waals surface area contributed by atoms with Crippen molar-refractivity contribution >= 4 is 16.8 Å². The first-order chi connectivity index (χ1) is 14.2. The highest BCUT2D eigenvalue weighted by Crippen LogP contribution is 2.18. The van der Waals surface area contributed by atoms with Crippen molar-refractivity contribution in [3.8, 4) is 0 Å². The molecule has 0 saturated carbocycles. The van der Waals surface area contributed by atoms with Gasteiger partial charge in [-0.1, -0.05) is 72.8 Å². The molecule has 1 unspecified atom stereocenters. The summed E-state index contributed by atoms with van der Waals surface area (Å²) in [6, 6.07) is 26.8. The summed E-state index contributed by atoms with van der Waals surface area (Å²) in [5, 5.41) is 3.59. The van der Waals surface area contributed by atoms with Crippen LogP contribution < -0.4 is 10.9 Å². The fraction of sp³-hybridized carbons (Fsp3) is 0.125. The SMILES string of the molecule is O=C(Cn1cnc2ccccc2c1=O)NC(Cc1ccccc1)c1ccccc1. The molecular weight excluding hydrogens is 362 g/mol. The molecule has 1 amide bonds. The molecule has 1 N–H and O–H groups in total. The van der Waals surface area contributed by atoms with Crippen LogP contribution in [0.5, 0.6) is 0 Å². The minimum absolute atomic E-state index is 0.0746. The van der Waals surface area contributed by atoms with Gasteiger partial charge in [-0.25, -0.2) is 4.98 Å². The van der Waals surface area contributed by atoms with E-state index in [0.29, 0.717) is 17.3 Å². The smallest absolute Gasteiger partial charge is 0.261 e. The number of amides is 1. The number of nitrogens with zero attached hydrogens (tertiary/aromatic N) is 2. The van der Waals surface area contributed by atoms with E-state index in [0.717, 1.165) is 11.1 Å². The second-order valence-electron chi connectivity index (χ2n) is 6.92. The predicted octanol–water partition coefficient (Wildman–Crippen LogP) is 3.50. The maximum Gasteiger partial charge on any atom is 0.261 e. The lowest BCUT2D eigenvalue weighted by Gasteiger charge is -2.20. The molecule has 4 aromatic rings. The summed E-state index contributed by atoms with van der Waals surface area (Å²) in [5.74, 6) is -0.228. The first-order valence-electron chi connectivity index (χ1n) is 9.53. The number of hydrogen-bond donors (Lipinski definition) is 1. The molecule has 0 fully saturated rings. The third-order valence-corrected chi connectivity index (χ3v) is 4.87. The van der Waals surface area contributed by atoms with Crippen LogP contribution in [0.1, 0.15) is 17.2 Å². The van der Waals surface area contributed by atoms with Gasteiger partial charge in [-0.3, -0.25) is 14.2 Å². The van der Waals surface area contributed by atoms with Crippen molar-refractivity contribution in [2.45, 2.75) is 19.0 Å². The zero-order chi connectivity index (χ0) is 20.1. The molecule has 0 saturated heterocycles. The summed E-state index contributed by atoms with van der Waals surface area (Å²) in [7, 11) is 0. The number of benzene rings is 3. The van der Waals surface area contributed by atoms with Crippen molar-refractivity contribution in [1.82, 2.24) is 14.9 Å². The van der Waals surface area contributed by atoms with Gasteiger partial charge in [0.25, 0.3) is 5.56 Å². The Hall–Kier alpha value is -3.73. The van der Waals surface area contributed by atoms with Crippen LogP contribution in [0.4, 0.5) is 0 Å². The lowest BCUT2D eigenvalue weighted by Crippen LogP contribution is -2.35. The Balaban J connectivity index is 1.55. The number of carbonyl (C=O) groups is 1. The highest BCUT2D eigenvalue weighted by atomic mass is 16.2. The first kappa shape index (κ1) is 18.6. The van der Waals surface area contributed by atoms with E-state index >= 15 is 0 Å². The molecule has 0 aliphatic carbocycles. The zero-order valence-electron chi connectivity index (χ0n) is 15.9. The third kappa shape index (κ3) is 4.41. The highest BCUT2D eigenvalue weighted by molar-refractivity contribution is 5.79. The van der Waals surface area contributed by atoms with Crippen LogP contribution in [0.25, 0.3) is 10.9 Å². The second kappa shape index (κ2) is 8.52. The largest absolute Gasteiger partial charge is 0.347 e. The maximum absolute atomic E-state index is 12.8. The van der Waals surface area contributed by atoms with Crippen LogP contribution >= 0.6 is 0 Å². The average molecular weight is 383 g/mol. The number of carbonyl (C=O) groups excluding carboxylic acids is 1. The average Bonchev–Trinajstić information content (AvgIpc) is 2.77. The van der Waals surface area contributed by atoms with Gasteiger partial charge in [0.1, 0.15) is 6.54 Å². The van der Waals surface area contributed by atoms with E-state index in [2.05, 4.69) is 10.3 Å². The normalized spacial score (nSPS) is 11.9. The number of rotatable bonds is 6. The van der Waals surface area contributed by atoms with E-state index in [-0.39, 0.29) is 24.1 Å². The number of para-hydroxylation sites is 1. The summed E-state index contributed by atoms with van der Waals surface area (Å²) in [6.45, 7) is -0.0746. The van der Waals surface area contributed by atoms with Crippen molar-refractivity contribution in [1.29, 1.82) is 0 Å². The molecule has 1 aromatic heterocycles. The Bertz CT molecular complexity index is 1170. The first-order valence-corrected chi connectivity index (χ1v) is 9.53. The Labute approximate surface area is 168 Å². The van der Waals surface area contributed by atoms with E-state index in [4.69, 9.17) is 0 Å². The Morgan fingerprint density at radius 2 is 1.55 bits per heavy atom. The Morgan fingerprint density at radius 1 is 0.897 bits per heavy atom. The molecule has 29 heavy (non-hydrogen) atoms.